The van der Waals surface area contributed by atoms with Crippen molar-refractivity contribution in [3.8, 4) is 5.75 Å². The van der Waals surface area contributed by atoms with Gasteiger partial charge in [0.25, 0.3) is 5.91 Å². The fourth-order valence-electron chi connectivity index (χ4n) is 3.38. The number of rotatable bonds is 8. The highest BCUT2D eigenvalue weighted by Gasteiger charge is 2.23. The number of carbonyl (C=O) groups excluding carboxylic acids is 1. The van der Waals surface area contributed by atoms with Gasteiger partial charge in [-0.1, -0.05) is 52.5 Å². The van der Waals surface area contributed by atoms with Gasteiger partial charge >= 0.3 is 0 Å². The minimum Gasteiger partial charge on any atom is -0.482 e. The monoisotopic (exact) mass is 514 g/mol. The standard InChI is InChI=1S/C21H24BrClN2O4S/c1-14(15-5-4-6-16(22)11-15)24-21(26)13-29-20-10-9-18(12-19(20)23)30(27,28)25-17-7-2-3-8-17/h4-6,9-12,14,17,25H,2-3,7-8,13H2,1H3,(H,24,26)/t14-/m0/s1. The predicted molar refractivity (Wildman–Crippen MR) is 120 cm³/mol. The summed E-state index contributed by atoms with van der Waals surface area (Å²) in [7, 11) is -3.64. The molecule has 0 spiro atoms. The van der Waals surface area contributed by atoms with Gasteiger partial charge in [0.1, 0.15) is 5.75 Å². The van der Waals surface area contributed by atoms with Crippen molar-refractivity contribution in [1.82, 2.24) is 10.0 Å². The van der Waals surface area contributed by atoms with Crippen LogP contribution in [0.4, 0.5) is 0 Å². The van der Waals surface area contributed by atoms with E-state index in [1.807, 2.05) is 31.2 Å². The van der Waals surface area contributed by atoms with Crippen molar-refractivity contribution in [3.05, 3.63) is 57.5 Å². The van der Waals surface area contributed by atoms with Gasteiger partial charge in [0.05, 0.1) is 16.0 Å². The molecule has 0 radical (unpaired) electrons. The SMILES string of the molecule is C[C@H](NC(=O)COc1ccc(S(=O)(=O)NC2CCCC2)cc1Cl)c1cccc(Br)c1. The van der Waals surface area contributed by atoms with Gasteiger partial charge in [-0.15, -0.1) is 0 Å². The van der Waals surface area contributed by atoms with Gasteiger partial charge in [-0.2, -0.15) is 0 Å². The first-order chi connectivity index (χ1) is 14.2. The van der Waals surface area contributed by atoms with E-state index in [4.69, 9.17) is 16.3 Å². The molecule has 1 saturated carbocycles. The number of ether oxygens (including phenoxy) is 1. The third-order valence-corrected chi connectivity index (χ3v) is 7.28. The molecule has 1 fully saturated rings. The molecule has 0 saturated heterocycles. The molecule has 2 aromatic rings. The fourth-order valence-corrected chi connectivity index (χ4v) is 5.43. The van der Waals surface area contributed by atoms with E-state index in [-0.39, 0.29) is 40.3 Å². The van der Waals surface area contributed by atoms with E-state index in [9.17, 15) is 13.2 Å². The Bertz CT molecular complexity index is 1010. The van der Waals surface area contributed by atoms with Crippen molar-refractivity contribution < 1.29 is 17.9 Å². The van der Waals surface area contributed by atoms with Gasteiger partial charge in [-0.25, -0.2) is 13.1 Å². The van der Waals surface area contributed by atoms with Crippen LogP contribution in [-0.4, -0.2) is 27.0 Å². The van der Waals surface area contributed by atoms with Crippen molar-refractivity contribution in [1.29, 1.82) is 0 Å². The molecule has 0 heterocycles. The average molecular weight is 516 g/mol. The Balaban J connectivity index is 1.57. The first-order valence-electron chi connectivity index (χ1n) is 9.74. The van der Waals surface area contributed by atoms with Crippen molar-refractivity contribution in [2.24, 2.45) is 0 Å². The van der Waals surface area contributed by atoms with Crippen LogP contribution in [0.2, 0.25) is 5.02 Å². The number of nitrogens with one attached hydrogen (secondary N) is 2. The molecular weight excluding hydrogens is 492 g/mol. The van der Waals surface area contributed by atoms with Gasteiger partial charge < -0.3 is 10.1 Å². The molecule has 1 atom stereocenters. The summed E-state index contributed by atoms with van der Waals surface area (Å²) in [5.74, 6) is -0.0557. The van der Waals surface area contributed by atoms with E-state index in [1.54, 1.807) is 0 Å². The van der Waals surface area contributed by atoms with Crippen molar-refractivity contribution in [2.45, 2.75) is 49.6 Å². The van der Waals surface area contributed by atoms with E-state index in [2.05, 4.69) is 26.0 Å². The minimum absolute atomic E-state index is 0.0272. The zero-order chi connectivity index (χ0) is 21.7. The summed E-state index contributed by atoms with van der Waals surface area (Å²) in [5.41, 5.74) is 0.958. The zero-order valence-corrected chi connectivity index (χ0v) is 19.7. The molecule has 0 aromatic heterocycles. The van der Waals surface area contributed by atoms with Crippen LogP contribution in [0.5, 0.6) is 5.75 Å². The number of benzene rings is 2. The summed E-state index contributed by atoms with van der Waals surface area (Å²) < 4.78 is 34.2. The molecule has 3 rings (SSSR count). The summed E-state index contributed by atoms with van der Waals surface area (Å²) in [6.07, 6.45) is 3.76. The molecule has 2 aromatic carbocycles. The van der Waals surface area contributed by atoms with Crippen LogP contribution in [0.1, 0.15) is 44.2 Å². The maximum atomic E-state index is 12.5. The Morgan fingerprint density at radius 3 is 2.63 bits per heavy atom. The fraction of sp³-hybridized carbons (Fsp3) is 0.381. The lowest BCUT2D eigenvalue weighted by Gasteiger charge is -2.16. The molecule has 1 aliphatic rings. The van der Waals surface area contributed by atoms with Gasteiger partial charge in [0.2, 0.25) is 10.0 Å². The zero-order valence-electron chi connectivity index (χ0n) is 16.5. The number of carbonyl (C=O) groups is 1. The summed E-state index contributed by atoms with van der Waals surface area (Å²) in [5, 5.41) is 2.99. The van der Waals surface area contributed by atoms with Crippen LogP contribution in [0, 0.1) is 0 Å². The van der Waals surface area contributed by atoms with E-state index in [1.165, 1.54) is 18.2 Å². The van der Waals surface area contributed by atoms with Crippen molar-refractivity contribution in [2.75, 3.05) is 6.61 Å². The largest absolute Gasteiger partial charge is 0.482 e. The molecule has 1 amide bonds. The highest BCUT2D eigenvalue weighted by Crippen LogP contribution is 2.28. The predicted octanol–water partition coefficient (Wildman–Crippen LogP) is 4.58. The Hall–Kier alpha value is -1.61. The maximum Gasteiger partial charge on any atom is 0.258 e. The quantitative estimate of drug-likeness (QED) is 0.539. The first kappa shape index (κ1) is 23.1. The van der Waals surface area contributed by atoms with Crippen molar-refractivity contribution >= 4 is 43.5 Å². The number of amides is 1. The minimum atomic E-state index is -3.64. The summed E-state index contributed by atoms with van der Waals surface area (Å²) in [6.45, 7) is 1.65. The molecule has 2 N–H and O–H groups in total. The lowest BCUT2D eigenvalue weighted by Crippen LogP contribution is -2.32. The summed E-state index contributed by atoms with van der Waals surface area (Å²) >= 11 is 9.61. The summed E-state index contributed by atoms with van der Waals surface area (Å²) in [6, 6.07) is 11.7. The van der Waals surface area contributed by atoms with Crippen LogP contribution in [0.3, 0.4) is 0 Å². The first-order valence-corrected chi connectivity index (χ1v) is 12.4. The Morgan fingerprint density at radius 2 is 1.97 bits per heavy atom. The Morgan fingerprint density at radius 1 is 1.23 bits per heavy atom. The maximum absolute atomic E-state index is 12.5. The smallest absolute Gasteiger partial charge is 0.258 e. The van der Waals surface area contributed by atoms with Crippen LogP contribution in [-0.2, 0) is 14.8 Å². The molecule has 0 aliphatic heterocycles. The second kappa shape index (κ2) is 10.1. The number of halogens is 2. The van der Waals surface area contributed by atoms with Crippen LogP contribution in [0.15, 0.2) is 51.8 Å². The average Bonchev–Trinajstić information content (AvgIpc) is 3.19. The second-order valence-electron chi connectivity index (χ2n) is 7.33. The third-order valence-electron chi connectivity index (χ3n) is 4.98. The molecule has 1 aliphatic carbocycles. The number of sulfonamides is 1. The topological polar surface area (TPSA) is 84.5 Å². The van der Waals surface area contributed by atoms with Crippen LogP contribution in [0.25, 0.3) is 0 Å². The third kappa shape index (κ3) is 6.20. The van der Waals surface area contributed by atoms with Crippen LogP contribution >= 0.6 is 27.5 Å². The van der Waals surface area contributed by atoms with E-state index in [0.717, 1.165) is 35.7 Å². The molecule has 0 bridgehead atoms. The second-order valence-corrected chi connectivity index (χ2v) is 10.4. The van der Waals surface area contributed by atoms with Gasteiger partial charge in [-0.05, 0) is 55.7 Å². The van der Waals surface area contributed by atoms with E-state index < -0.39 is 10.0 Å². The highest BCUT2D eigenvalue weighted by atomic mass is 79.9. The number of hydrogen-bond donors (Lipinski definition) is 2. The summed E-state index contributed by atoms with van der Waals surface area (Å²) in [4.78, 5) is 12.3. The van der Waals surface area contributed by atoms with Crippen molar-refractivity contribution in [3.63, 3.8) is 0 Å². The Kier molecular flexibility index (Phi) is 7.79. The van der Waals surface area contributed by atoms with Gasteiger partial charge in [0, 0.05) is 10.5 Å². The molecular formula is C21H24BrClN2O4S. The van der Waals surface area contributed by atoms with Gasteiger partial charge in [-0.3, -0.25) is 4.79 Å². The molecule has 9 heteroatoms. The van der Waals surface area contributed by atoms with Gasteiger partial charge in [0.15, 0.2) is 6.61 Å². The molecule has 162 valence electrons. The van der Waals surface area contributed by atoms with E-state index >= 15 is 0 Å². The lowest BCUT2D eigenvalue weighted by atomic mass is 10.1. The normalized spacial score (nSPS) is 15.7. The highest BCUT2D eigenvalue weighted by molar-refractivity contribution is 9.10. The molecule has 0 unspecified atom stereocenters. The lowest BCUT2D eigenvalue weighted by molar-refractivity contribution is -0.123. The molecule has 6 nitrogen and oxygen atoms in total. The van der Waals surface area contributed by atoms with E-state index in [0.29, 0.717) is 0 Å². The van der Waals surface area contributed by atoms with Crippen LogP contribution < -0.4 is 14.8 Å². The molecule has 30 heavy (non-hydrogen) atoms. The number of hydrogen-bond acceptors (Lipinski definition) is 4. The Labute approximate surface area is 190 Å².